The molecule has 1 aromatic rings. The van der Waals surface area contributed by atoms with Crippen LogP contribution in [0.3, 0.4) is 0 Å². The molecule has 1 unspecified atom stereocenters. The SMILES string of the molecule is CCNC(Cc1ccc(C(C)(C)C)cc1)CC1CCC1. The van der Waals surface area contributed by atoms with Crippen LogP contribution < -0.4 is 5.32 Å². The molecule has 0 heterocycles. The van der Waals surface area contributed by atoms with Crippen LogP contribution in [0.5, 0.6) is 0 Å². The molecule has 1 nitrogen and oxygen atoms in total. The Morgan fingerprint density at radius 3 is 2.25 bits per heavy atom. The van der Waals surface area contributed by atoms with Crippen molar-refractivity contribution in [2.24, 2.45) is 5.92 Å². The Morgan fingerprint density at radius 1 is 1.15 bits per heavy atom. The highest BCUT2D eigenvalue weighted by molar-refractivity contribution is 5.28. The molecule has 1 N–H and O–H groups in total. The molecule has 1 atom stereocenters. The molecule has 0 saturated heterocycles. The van der Waals surface area contributed by atoms with E-state index in [4.69, 9.17) is 0 Å². The van der Waals surface area contributed by atoms with Crippen molar-refractivity contribution in [1.29, 1.82) is 0 Å². The lowest BCUT2D eigenvalue weighted by Gasteiger charge is -2.30. The molecule has 1 aliphatic rings. The molecule has 0 bridgehead atoms. The molecular weight excluding hydrogens is 242 g/mol. The second-order valence-electron chi connectivity index (χ2n) is 7.44. The summed E-state index contributed by atoms with van der Waals surface area (Å²) in [5.74, 6) is 0.980. The van der Waals surface area contributed by atoms with E-state index >= 15 is 0 Å². The van der Waals surface area contributed by atoms with E-state index in [0.717, 1.165) is 12.5 Å². The van der Waals surface area contributed by atoms with Gasteiger partial charge in [-0.05, 0) is 41.8 Å². The fraction of sp³-hybridized carbons (Fsp3) is 0.684. The summed E-state index contributed by atoms with van der Waals surface area (Å²) >= 11 is 0. The van der Waals surface area contributed by atoms with Crippen molar-refractivity contribution in [2.45, 2.75) is 71.3 Å². The van der Waals surface area contributed by atoms with E-state index in [1.807, 2.05) is 0 Å². The molecule has 1 saturated carbocycles. The molecule has 1 aliphatic carbocycles. The zero-order valence-corrected chi connectivity index (χ0v) is 13.7. The minimum absolute atomic E-state index is 0.255. The molecule has 20 heavy (non-hydrogen) atoms. The van der Waals surface area contributed by atoms with Gasteiger partial charge in [-0.25, -0.2) is 0 Å². The lowest BCUT2D eigenvalue weighted by molar-refractivity contribution is 0.260. The molecule has 2 rings (SSSR count). The van der Waals surface area contributed by atoms with E-state index in [-0.39, 0.29) is 5.41 Å². The van der Waals surface area contributed by atoms with E-state index in [0.29, 0.717) is 6.04 Å². The summed E-state index contributed by atoms with van der Waals surface area (Å²) in [5.41, 5.74) is 3.16. The number of likely N-dealkylation sites (N-methyl/N-ethyl adjacent to an activating group) is 1. The van der Waals surface area contributed by atoms with E-state index in [1.54, 1.807) is 0 Å². The summed E-state index contributed by atoms with van der Waals surface area (Å²) < 4.78 is 0. The molecule has 0 spiro atoms. The summed E-state index contributed by atoms with van der Waals surface area (Å²) in [6.45, 7) is 10.1. The minimum atomic E-state index is 0.255. The van der Waals surface area contributed by atoms with Gasteiger partial charge in [0.25, 0.3) is 0 Å². The summed E-state index contributed by atoms with van der Waals surface area (Å²) in [7, 11) is 0. The van der Waals surface area contributed by atoms with Gasteiger partial charge in [0, 0.05) is 6.04 Å². The number of benzene rings is 1. The van der Waals surface area contributed by atoms with Gasteiger partial charge in [-0.1, -0.05) is 71.2 Å². The molecule has 1 heteroatoms. The summed E-state index contributed by atoms with van der Waals surface area (Å²) in [6.07, 6.45) is 6.88. The summed E-state index contributed by atoms with van der Waals surface area (Å²) in [5, 5.41) is 3.68. The summed E-state index contributed by atoms with van der Waals surface area (Å²) in [6, 6.07) is 9.92. The Hall–Kier alpha value is -0.820. The Morgan fingerprint density at radius 2 is 1.80 bits per heavy atom. The maximum atomic E-state index is 3.68. The van der Waals surface area contributed by atoms with Crippen LogP contribution >= 0.6 is 0 Å². The van der Waals surface area contributed by atoms with Gasteiger partial charge in [0.05, 0.1) is 0 Å². The van der Waals surface area contributed by atoms with Gasteiger partial charge in [0.2, 0.25) is 0 Å². The predicted octanol–water partition coefficient (Wildman–Crippen LogP) is 4.69. The molecule has 0 aliphatic heterocycles. The lowest BCUT2D eigenvalue weighted by atomic mass is 9.79. The first-order valence-corrected chi connectivity index (χ1v) is 8.32. The van der Waals surface area contributed by atoms with Crippen LogP contribution in [0, 0.1) is 5.92 Å². The summed E-state index contributed by atoms with van der Waals surface area (Å²) in [4.78, 5) is 0. The lowest BCUT2D eigenvalue weighted by Crippen LogP contribution is -2.34. The van der Waals surface area contributed by atoms with E-state index in [9.17, 15) is 0 Å². The van der Waals surface area contributed by atoms with Gasteiger partial charge >= 0.3 is 0 Å². The molecule has 0 amide bonds. The van der Waals surface area contributed by atoms with Gasteiger partial charge < -0.3 is 5.32 Å². The number of nitrogens with one attached hydrogen (secondary N) is 1. The van der Waals surface area contributed by atoms with Crippen molar-refractivity contribution >= 4 is 0 Å². The highest BCUT2D eigenvalue weighted by atomic mass is 14.9. The first-order valence-electron chi connectivity index (χ1n) is 8.32. The predicted molar refractivity (Wildman–Crippen MR) is 88.3 cm³/mol. The highest BCUT2D eigenvalue weighted by Gasteiger charge is 2.22. The Bertz CT molecular complexity index is 395. The third-order valence-electron chi connectivity index (χ3n) is 4.64. The van der Waals surface area contributed by atoms with Crippen LogP contribution in [0.2, 0.25) is 0 Å². The quantitative estimate of drug-likeness (QED) is 0.792. The van der Waals surface area contributed by atoms with Crippen LogP contribution in [0.4, 0.5) is 0 Å². The molecule has 1 fully saturated rings. The van der Waals surface area contributed by atoms with Gasteiger partial charge in [-0.3, -0.25) is 0 Å². The maximum absolute atomic E-state index is 3.68. The highest BCUT2D eigenvalue weighted by Crippen LogP contribution is 2.31. The Labute approximate surface area is 125 Å². The average molecular weight is 273 g/mol. The van der Waals surface area contributed by atoms with Crippen molar-refractivity contribution in [3.63, 3.8) is 0 Å². The van der Waals surface area contributed by atoms with Crippen LogP contribution in [-0.2, 0) is 11.8 Å². The number of rotatable bonds is 6. The minimum Gasteiger partial charge on any atom is -0.314 e. The van der Waals surface area contributed by atoms with E-state index < -0.39 is 0 Å². The third kappa shape index (κ3) is 4.34. The zero-order valence-electron chi connectivity index (χ0n) is 13.7. The van der Waals surface area contributed by atoms with Crippen molar-refractivity contribution < 1.29 is 0 Å². The van der Waals surface area contributed by atoms with Crippen molar-refractivity contribution in [3.05, 3.63) is 35.4 Å². The van der Waals surface area contributed by atoms with Crippen molar-refractivity contribution in [3.8, 4) is 0 Å². The fourth-order valence-electron chi connectivity index (χ4n) is 3.08. The first-order chi connectivity index (χ1) is 9.49. The molecule has 1 aromatic carbocycles. The molecule has 0 aromatic heterocycles. The second-order valence-corrected chi connectivity index (χ2v) is 7.44. The first kappa shape index (κ1) is 15.6. The van der Waals surface area contributed by atoms with Crippen molar-refractivity contribution in [1.82, 2.24) is 5.32 Å². The third-order valence-corrected chi connectivity index (χ3v) is 4.64. The van der Waals surface area contributed by atoms with Crippen LogP contribution in [-0.4, -0.2) is 12.6 Å². The van der Waals surface area contributed by atoms with Gasteiger partial charge in [0.1, 0.15) is 0 Å². The fourth-order valence-corrected chi connectivity index (χ4v) is 3.08. The Kier molecular flexibility index (Phi) is 5.26. The maximum Gasteiger partial charge on any atom is 0.0110 e. The van der Waals surface area contributed by atoms with E-state index in [1.165, 1.54) is 43.2 Å². The smallest absolute Gasteiger partial charge is 0.0110 e. The number of hydrogen-bond donors (Lipinski definition) is 1. The number of hydrogen-bond acceptors (Lipinski definition) is 1. The molecular formula is C19H31N. The van der Waals surface area contributed by atoms with Crippen LogP contribution in [0.25, 0.3) is 0 Å². The second kappa shape index (κ2) is 6.76. The van der Waals surface area contributed by atoms with E-state index in [2.05, 4.69) is 57.3 Å². The van der Waals surface area contributed by atoms with Gasteiger partial charge in [-0.2, -0.15) is 0 Å². The van der Waals surface area contributed by atoms with Crippen molar-refractivity contribution in [2.75, 3.05) is 6.54 Å². The Balaban J connectivity index is 1.95. The standard InChI is InChI=1S/C19H31N/c1-5-20-18(13-15-7-6-8-15)14-16-9-11-17(12-10-16)19(2,3)4/h9-12,15,18,20H,5-8,13-14H2,1-4H3. The topological polar surface area (TPSA) is 12.0 Å². The van der Waals surface area contributed by atoms with Crippen LogP contribution in [0.15, 0.2) is 24.3 Å². The average Bonchev–Trinajstić information content (AvgIpc) is 2.33. The van der Waals surface area contributed by atoms with Gasteiger partial charge in [-0.15, -0.1) is 0 Å². The van der Waals surface area contributed by atoms with Gasteiger partial charge in [0.15, 0.2) is 0 Å². The largest absolute Gasteiger partial charge is 0.314 e. The van der Waals surface area contributed by atoms with Crippen LogP contribution in [0.1, 0.15) is 64.5 Å². The molecule has 112 valence electrons. The normalized spacial score (nSPS) is 17.8. The zero-order chi connectivity index (χ0) is 14.6. The molecule has 0 radical (unpaired) electrons. The monoisotopic (exact) mass is 273 g/mol.